The number of nitrogens with zero attached hydrogens (tertiary/aromatic N) is 2. The van der Waals surface area contributed by atoms with Crippen LogP contribution in [0.5, 0.6) is 0 Å². The van der Waals surface area contributed by atoms with Gasteiger partial charge in [0.2, 0.25) is 15.9 Å². The molecule has 0 amide bonds. The number of aromatic nitrogens is 2. The highest BCUT2D eigenvalue weighted by Gasteiger charge is 2.22. The van der Waals surface area contributed by atoms with Gasteiger partial charge in [-0.25, -0.2) is 18.4 Å². The van der Waals surface area contributed by atoms with E-state index in [0.717, 1.165) is 5.56 Å². The Morgan fingerprint density at radius 2 is 1.85 bits per heavy atom. The van der Waals surface area contributed by atoms with Crippen LogP contribution >= 0.6 is 0 Å². The first-order valence-electron chi connectivity index (χ1n) is 7.99. The van der Waals surface area contributed by atoms with E-state index in [1.54, 1.807) is 13.8 Å². The van der Waals surface area contributed by atoms with Crippen molar-refractivity contribution in [3.8, 4) is 11.5 Å². The normalized spacial score (nSPS) is 12.6. The van der Waals surface area contributed by atoms with Gasteiger partial charge in [-0.3, -0.25) is 0 Å². The Balaban J connectivity index is 1.80. The number of hydrogen-bond donors (Lipinski definition) is 1. The molecule has 1 atom stereocenters. The van der Waals surface area contributed by atoms with E-state index in [2.05, 4.69) is 10.2 Å². The standard InChI is InChI=1S/C18H17N3O5S/c1-11-8-9-14(27(19,23)24)10-15(11)18(22)25-12(2)16-20-21-17(26-16)13-6-4-3-5-7-13/h3-10,12H,1-2H3,(H2,19,23,24). The van der Waals surface area contributed by atoms with Crippen molar-refractivity contribution in [2.75, 3.05) is 0 Å². The number of esters is 1. The maximum atomic E-state index is 12.5. The minimum Gasteiger partial charge on any atom is -0.449 e. The molecule has 1 aromatic heterocycles. The van der Waals surface area contributed by atoms with Crippen LogP contribution in [0.2, 0.25) is 0 Å². The van der Waals surface area contributed by atoms with Crippen molar-refractivity contribution in [3.63, 3.8) is 0 Å². The van der Waals surface area contributed by atoms with Crippen molar-refractivity contribution in [2.24, 2.45) is 5.14 Å². The van der Waals surface area contributed by atoms with E-state index in [9.17, 15) is 13.2 Å². The Morgan fingerprint density at radius 3 is 2.52 bits per heavy atom. The lowest BCUT2D eigenvalue weighted by molar-refractivity contribution is 0.0278. The molecule has 27 heavy (non-hydrogen) atoms. The predicted octanol–water partition coefficient (Wildman–Crippen LogP) is 2.61. The second-order valence-corrected chi connectivity index (χ2v) is 7.44. The average Bonchev–Trinajstić information content (AvgIpc) is 3.12. The first kappa shape index (κ1) is 18.7. The fourth-order valence-electron chi connectivity index (χ4n) is 2.37. The molecule has 0 saturated carbocycles. The molecule has 0 aliphatic heterocycles. The van der Waals surface area contributed by atoms with E-state index < -0.39 is 22.1 Å². The van der Waals surface area contributed by atoms with Crippen molar-refractivity contribution < 1.29 is 22.4 Å². The number of ether oxygens (including phenoxy) is 1. The fraction of sp³-hybridized carbons (Fsp3) is 0.167. The van der Waals surface area contributed by atoms with Gasteiger partial charge in [-0.2, -0.15) is 0 Å². The van der Waals surface area contributed by atoms with Crippen LogP contribution in [-0.2, 0) is 14.8 Å². The van der Waals surface area contributed by atoms with Gasteiger partial charge in [0.15, 0.2) is 6.10 Å². The van der Waals surface area contributed by atoms with Crippen LogP contribution in [0.4, 0.5) is 0 Å². The Labute approximate surface area is 156 Å². The number of hydrogen-bond acceptors (Lipinski definition) is 7. The van der Waals surface area contributed by atoms with Gasteiger partial charge in [0.05, 0.1) is 10.5 Å². The lowest BCUT2D eigenvalue weighted by Crippen LogP contribution is -2.15. The molecule has 8 nitrogen and oxygen atoms in total. The third-order valence-electron chi connectivity index (χ3n) is 3.85. The van der Waals surface area contributed by atoms with Gasteiger partial charge in [0.1, 0.15) is 0 Å². The highest BCUT2D eigenvalue weighted by atomic mass is 32.2. The summed E-state index contributed by atoms with van der Waals surface area (Å²) in [4.78, 5) is 12.3. The molecular weight excluding hydrogens is 370 g/mol. The Bertz CT molecular complexity index is 1080. The van der Waals surface area contributed by atoms with E-state index in [0.29, 0.717) is 11.5 Å². The van der Waals surface area contributed by atoms with Crippen LogP contribution < -0.4 is 5.14 Å². The Kier molecular flexibility index (Phi) is 5.06. The molecule has 0 spiro atoms. The van der Waals surface area contributed by atoms with Crippen molar-refractivity contribution in [2.45, 2.75) is 24.8 Å². The molecule has 1 unspecified atom stereocenters. The number of carbonyl (C=O) groups is 1. The van der Waals surface area contributed by atoms with E-state index in [4.69, 9.17) is 14.3 Å². The second kappa shape index (κ2) is 7.29. The number of carbonyl (C=O) groups excluding carboxylic acids is 1. The molecule has 2 N–H and O–H groups in total. The Morgan fingerprint density at radius 1 is 1.15 bits per heavy atom. The zero-order valence-corrected chi connectivity index (χ0v) is 15.4. The molecule has 2 aromatic carbocycles. The average molecular weight is 387 g/mol. The number of benzene rings is 2. The van der Waals surface area contributed by atoms with Gasteiger partial charge < -0.3 is 9.15 Å². The van der Waals surface area contributed by atoms with Gasteiger partial charge >= 0.3 is 5.97 Å². The lowest BCUT2D eigenvalue weighted by Gasteiger charge is -2.11. The van der Waals surface area contributed by atoms with Crippen molar-refractivity contribution in [3.05, 3.63) is 65.5 Å². The maximum absolute atomic E-state index is 12.5. The molecule has 3 aromatic rings. The van der Waals surface area contributed by atoms with Gasteiger partial charge in [-0.1, -0.05) is 24.3 Å². The molecule has 0 saturated heterocycles. The molecule has 0 aliphatic rings. The molecule has 1 heterocycles. The monoisotopic (exact) mass is 387 g/mol. The summed E-state index contributed by atoms with van der Waals surface area (Å²) in [5.74, 6) is -0.284. The van der Waals surface area contributed by atoms with Crippen LogP contribution in [0.3, 0.4) is 0 Å². The van der Waals surface area contributed by atoms with Crippen molar-refractivity contribution in [1.82, 2.24) is 10.2 Å². The van der Waals surface area contributed by atoms with Crippen LogP contribution in [0.25, 0.3) is 11.5 Å². The third-order valence-corrected chi connectivity index (χ3v) is 4.76. The van der Waals surface area contributed by atoms with E-state index in [1.165, 1.54) is 18.2 Å². The largest absolute Gasteiger partial charge is 0.449 e. The number of sulfonamides is 1. The summed E-state index contributed by atoms with van der Waals surface area (Å²) in [5.41, 5.74) is 1.39. The zero-order chi connectivity index (χ0) is 19.6. The fourth-order valence-corrected chi connectivity index (χ4v) is 2.91. The van der Waals surface area contributed by atoms with E-state index in [1.807, 2.05) is 30.3 Å². The molecule has 9 heteroatoms. The summed E-state index contributed by atoms with van der Waals surface area (Å²) in [7, 11) is -3.93. The van der Waals surface area contributed by atoms with Crippen LogP contribution in [-0.4, -0.2) is 24.6 Å². The topological polar surface area (TPSA) is 125 Å². The summed E-state index contributed by atoms with van der Waals surface area (Å²) in [6, 6.07) is 13.2. The quantitative estimate of drug-likeness (QED) is 0.667. The predicted molar refractivity (Wildman–Crippen MR) is 96.1 cm³/mol. The molecule has 3 rings (SSSR count). The van der Waals surface area contributed by atoms with Crippen molar-refractivity contribution >= 4 is 16.0 Å². The summed E-state index contributed by atoms with van der Waals surface area (Å²) in [6.07, 6.45) is -0.819. The van der Waals surface area contributed by atoms with Gasteiger partial charge in [-0.05, 0) is 43.7 Å². The minimum absolute atomic E-state index is 0.0937. The molecular formula is C18H17N3O5S. The van der Waals surface area contributed by atoms with E-state index in [-0.39, 0.29) is 16.3 Å². The smallest absolute Gasteiger partial charge is 0.339 e. The summed E-state index contributed by atoms with van der Waals surface area (Å²) in [6.45, 7) is 3.24. The summed E-state index contributed by atoms with van der Waals surface area (Å²) >= 11 is 0. The first-order valence-corrected chi connectivity index (χ1v) is 9.53. The third kappa shape index (κ3) is 4.21. The SMILES string of the molecule is Cc1ccc(S(N)(=O)=O)cc1C(=O)OC(C)c1nnc(-c2ccccc2)o1. The van der Waals surface area contributed by atoms with Crippen LogP contribution in [0.15, 0.2) is 57.8 Å². The Hall–Kier alpha value is -3.04. The zero-order valence-electron chi connectivity index (χ0n) is 14.6. The molecule has 0 radical (unpaired) electrons. The summed E-state index contributed by atoms with van der Waals surface area (Å²) < 4.78 is 33.9. The highest BCUT2D eigenvalue weighted by Crippen LogP contribution is 2.24. The van der Waals surface area contributed by atoms with Gasteiger partial charge in [0.25, 0.3) is 5.89 Å². The van der Waals surface area contributed by atoms with Gasteiger partial charge in [-0.15, -0.1) is 10.2 Å². The number of nitrogens with two attached hydrogens (primary N) is 1. The molecule has 0 fully saturated rings. The minimum atomic E-state index is -3.93. The van der Waals surface area contributed by atoms with E-state index >= 15 is 0 Å². The van der Waals surface area contributed by atoms with Crippen molar-refractivity contribution in [1.29, 1.82) is 0 Å². The van der Waals surface area contributed by atoms with Gasteiger partial charge in [0, 0.05) is 5.56 Å². The number of rotatable bonds is 5. The molecule has 140 valence electrons. The lowest BCUT2D eigenvalue weighted by atomic mass is 10.1. The maximum Gasteiger partial charge on any atom is 0.339 e. The number of aryl methyl sites for hydroxylation is 1. The molecule has 0 bridgehead atoms. The molecule has 0 aliphatic carbocycles. The van der Waals surface area contributed by atoms with Crippen LogP contribution in [0.1, 0.15) is 34.8 Å². The number of primary sulfonamides is 1. The highest BCUT2D eigenvalue weighted by molar-refractivity contribution is 7.89. The second-order valence-electron chi connectivity index (χ2n) is 5.88. The first-order chi connectivity index (χ1) is 12.8. The van der Waals surface area contributed by atoms with Crippen LogP contribution in [0, 0.1) is 6.92 Å². The summed E-state index contributed by atoms with van der Waals surface area (Å²) in [5, 5.41) is 13.0.